The first-order valence-corrected chi connectivity index (χ1v) is 7.01. The summed E-state index contributed by atoms with van der Waals surface area (Å²) < 4.78 is 10.4. The minimum atomic E-state index is -0.211. The topological polar surface area (TPSA) is 41.9 Å². The lowest BCUT2D eigenvalue weighted by Gasteiger charge is -2.42. The quantitative estimate of drug-likeness (QED) is 0.753. The third-order valence-corrected chi connectivity index (χ3v) is 4.00. The molecule has 0 amide bonds. The van der Waals surface area contributed by atoms with Gasteiger partial charge in [-0.25, -0.2) is 0 Å². The van der Waals surface area contributed by atoms with E-state index in [9.17, 15) is 5.11 Å². The van der Waals surface area contributed by atoms with Gasteiger partial charge in [0.1, 0.15) is 0 Å². The van der Waals surface area contributed by atoms with E-state index in [0.29, 0.717) is 25.2 Å². The van der Waals surface area contributed by atoms with Crippen LogP contribution in [-0.2, 0) is 9.47 Å². The van der Waals surface area contributed by atoms with Gasteiger partial charge in [0, 0.05) is 32.8 Å². The average Bonchev–Trinajstić information content (AvgIpc) is 2.34. The van der Waals surface area contributed by atoms with Gasteiger partial charge in [0.05, 0.1) is 19.3 Å². The Bertz CT molecular complexity index is 225. The maximum Gasteiger partial charge on any atom is 0.0695 e. The molecule has 0 saturated heterocycles. The second kappa shape index (κ2) is 8.10. The van der Waals surface area contributed by atoms with Gasteiger partial charge in [0.15, 0.2) is 0 Å². The summed E-state index contributed by atoms with van der Waals surface area (Å²) in [5, 5.41) is 10.3. The zero-order valence-electron chi connectivity index (χ0n) is 12.3. The van der Waals surface area contributed by atoms with Gasteiger partial charge in [-0.3, -0.25) is 4.90 Å². The lowest BCUT2D eigenvalue weighted by molar-refractivity contribution is -0.0345. The highest BCUT2D eigenvalue weighted by Crippen LogP contribution is 2.28. The molecule has 1 saturated carbocycles. The van der Waals surface area contributed by atoms with E-state index in [-0.39, 0.29) is 12.1 Å². The Morgan fingerprint density at radius 1 is 1.28 bits per heavy atom. The fraction of sp³-hybridized carbons (Fsp3) is 1.00. The molecular weight excluding hydrogens is 230 g/mol. The molecule has 108 valence electrons. The smallest absolute Gasteiger partial charge is 0.0695 e. The number of nitrogens with zero attached hydrogens (tertiary/aromatic N) is 1. The highest BCUT2D eigenvalue weighted by atomic mass is 16.5. The third-order valence-electron chi connectivity index (χ3n) is 4.00. The molecule has 0 aromatic rings. The number of ether oxygens (including phenoxy) is 2. The maximum atomic E-state index is 10.3. The Hall–Kier alpha value is -0.160. The van der Waals surface area contributed by atoms with Crippen molar-refractivity contribution in [1.29, 1.82) is 0 Å². The molecule has 1 aliphatic rings. The third kappa shape index (κ3) is 4.50. The maximum absolute atomic E-state index is 10.3. The van der Waals surface area contributed by atoms with Crippen molar-refractivity contribution in [3.63, 3.8) is 0 Å². The predicted octanol–water partition coefficient (Wildman–Crippen LogP) is 1.52. The van der Waals surface area contributed by atoms with E-state index in [4.69, 9.17) is 9.47 Å². The van der Waals surface area contributed by atoms with Crippen LogP contribution < -0.4 is 0 Å². The van der Waals surface area contributed by atoms with E-state index < -0.39 is 0 Å². The first-order valence-electron chi connectivity index (χ1n) is 7.01. The van der Waals surface area contributed by atoms with Crippen LogP contribution in [0.4, 0.5) is 0 Å². The van der Waals surface area contributed by atoms with Crippen LogP contribution in [0.5, 0.6) is 0 Å². The molecule has 1 fully saturated rings. The lowest BCUT2D eigenvalue weighted by Crippen LogP contribution is -2.53. The first kappa shape index (κ1) is 15.9. The van der Waals surface area contributed by atoms with Gasteiger partial charge in [-0.2, -0.15) is 0 Å². The molecule has 1 aliphatic carbocycles. The molecule has 0 aromatic carbocycles. The molecule has 1 rings (SSSR count). The van der Waals surface area contributed by atoms with Crippen LogP contribution in [-0.4, -0.2) is 62.2 Å². The van der Waals surface area contributed by atoms with Gasteiger partial charge in [0.2, 0.25) is 0 Å². The number of aliphatic hydroxyl groups excluding tert-OH is 1. The molecule has 0 aromatic heterocycles. The Balaban J connectivity index is 2.66. The van der Waals surface area contributed by atoms with Crippen molar-refractivity contribution in [3.05, 3.63) is 0 Å². The number of hydrogen-bond donors (Lipinski definition) is 1. The highest BCUT2D eigenvalue weighted by molar-refractivity contribution is 4.88. The van der Waals surface area contributed by atoms with E-state index in [2.05, 4.69) is 18.7 Å². The molecule has 0 aliphatic heterocycles. The summed E-state index contributed by atoms with van der Waals surface area (Å²) in [6.45, 7) is 6.68. The van der Waals surface area contributed by atoms with Crippen molar-refractivity contribution in [3.8, 4) is 0 Å². The van der Waals surface area contributed by atoms with Gasteiger partial charge >= 0.3 is 0 Å². The number of aliphatic hydroxyl groups is 1. The molecule has 0 heterocycles. The summed E-state index contributed by atoms with van der Waals surface area (Å²) in [6, 6.07) is 0.559. The van der Waals surface area contributed by atoms with Crippen LogP contribution >= 0.6 is 0 Å². The Labute approximate surface area is 111 Å². The molecule has 0 spiro atoms. The summed E-state index contributed by atoms with van der Waals surface area (Å²) in [7, 11) is 3.45. The first-order chi connectivity index (χ1) is 8.60. The lowest BCUT2D eigenvalue weighted by atomic mass is 9.83. The largest absolute Gasteiger partial charge is 0.391 e. The zero-order chi connectivity index (χ0) is 13.5. The highest BCUT2D eigenvalue weighted by Gasteiger charge is 2.33. The summed E-state index contributed by atoms with van der Waals surface area (Å²) in [5.74, 6) is 0.693. The Kier molecular flexibility index (Phi) is 7.15. The molecule has 4 nitrogen and oxygen atoms in total. The van der Waals surface area contributed by atoms with Crippen LogP contribution in [0.2, 0.25) is 0 Å². The normalized spacial score (nSPS) is 30.7. The average molecular weight is 259 g/mol. The van der Waals surface area contributed by atoms with Crippen LogP contribution in [0.15, 0.2) is 0 Å². The molecule has 4 heteroatoms. The molecular formula is C14H29NO3. The van der Waals surface area contributed by atoms with E-state index >= 15 is 0 Å². The second-order valence-electron chi connectivity index (χ2n) is 5.59. The molecule has 4 atom stereocenters. The summed E-state index contributed by atoms with van der Waals surface area (Å²) >= 11 is 0. The van der Waals surface area contributed by atoms with Gasteiger partial charge in [-0.05, 0) is 32.1 Å². The zero-order valence-corrected chi connectivity index (χ0v) is 12.3. The predicted molar refractivity (Wildman–Crippen MR) is 72.7 cm³/mol. The summed E-state index contributed by atoms with van der Waals surface area (Å²) in [6.07, 6.45) is 2.90. The van der Waals surface area contributed by atoms with Crippen molar-refractivity contribution in [2.75, 3.05) is 34.0 Å². The fourth-order valence-corrected chi connectivity index (χ4v) is 2.94. The number of rotatable bonds is 7. The molecule has 1 N–H and O–H groups in total. The van der Waals surface area contributed by atoms with E-state index in [1.165, 1.54) is 0 Å². The van der Waals surface area contributed by atoms with Crippen LogP contribution in [0.25, 0.3) is 0 Å². The molecule has 18 heavy (non-hydrogen) atoms. The SMILES string of the molecule is COCCN(C(C)COC)C1CC(C)CCC1O. The van der Waals surface area contributed by atoms with Crippen molar-refractivity contribution in [1.82, 2.24) is 4.90 Å². The Morgan fingerprint density at radius 2 is 2.00 bits per heavy atom. The second-order valence-corrected chi connectivity index (χ2v) is 5.59. The number of hydrogen-bond acceptors (Lipinski definition) is 4. The minimum Gasteiger partial charge on any atom is -0.391 e. The van der Waals surface area contributed by atoms with E-state index in [1.54, 1.807) is 14.2 Å². The molecule has 4 unspecified atom stereocenters. The Morgan fingerprint density at radius 3 is 2.61 bits per heavy atom. The fourth-order valence-electron chi connectivity index (χ4n) is 2.94. The summed E-state index contributed by atoms with van der Waals surface area (Å²) in [4.78, 5) is 2.35. The van der Waals surface area contributed by atoms with Crippen LogP contribution in [0, 0.1) is 5.92 Å². The van der Waals surface area contributed by atoms with E-state index in [1.807, 2.05) is 0 Å². The monoisotopic (exact) mass is 259 g/mol. The van der Waals surface area contributed by atoms with Gasteiger partial charge in [0.25, 0.3) is 0 Å². The van der Waals surface area contributed by atoms with Crippen molar-refractivity contribution < 1.29 is 14.6 Å². The van der Waals surface area contributed by atoms with Gasteiger partial charge < -0.3 is 14.6 Å². The van der Waals surface area contributed by atoms with Crippen molar-refractivity contribution >= 4 is 0 Å². The van der Waals surface area contributed by atoms with Gasteiger partial charge in [-0.1, -0.05) is 6.92 Å². The van der Waals surface area contributed by atoms with Crippen LogP contribution in [0.1, 0.15) is 33.1 Å². The molecule has 0 radical (unpaired) electrons. The van der Waals surface area contributed by atoms with Crippen molar-refractivity contribution in [2.45, 2.75) is 51.3 Å². The minimum absolute atomic E-state index is 0.211. The molecule has 0 bridgehead atoms. The van der Waals surface area contributed by atoms with E-state index in [0.717, 1.165) is 25.8 Å². The van der Waals surface area contributed by atoms with Crippen LogP contribution in [0.3, 0.4) is 0 Å². The summed E-state index contributed by atoms with van der Waals surface area (Å²) in [5.41, 5.74) is 0. The van der Waals surface area contributed by atoms with Crippen molar-refractivity contribution in [2.24, 2.45) is 5.92 Å². The number of methoxy groups -OCH3 is 2. The van der Waals surface area contributed by atoms with Gasteiger partial charge in [-0.15, -0.1) is 0 Å². The standard InChI is InChI=1S/C14H29NO3/c1-11-5-6-14(16)13(9-11)15(7-8-17-3)12(2)10-18-4/h11-14,16H,5-10H2,1-4H3.